The maximum atomic E-state index is 12.3. The van der Waals surface area contributed by atoms with E-state index in [-0.39, 0.29) is 21.0 Å². The van der Waals surface area contributed by atoms with Crippen LogP contribution in [-0.4, -0.2) is 18.4 Å². The van der Waals surface area contributed by atoms with E-state index in [0.29, 0.717) is 11.0 Å². The predicted octanol–water partition coefficient (Wildman–Crippen LogP) is 3.70. The standard InChI is InChI=1S/C14H8Cl2N2O3S/c15-13-14(16)18-12-8-10(6-7-11(12)17-13)22(19,20)21-9-4-2-1-3-5-9/h1-8H. The van der Waals surface area contributed by atoms with Gasteiger partial charge in [-0.05, 0) is 30.3 Å². The molecular formula is C14H8Cl2N2O3S. The van der Waals surface area contributed by atoms with Crippen LogP contribution >= 0.6 is 23.2 Å². The lowest BCUT2D eigenvalue weighted by Gasteiger charge is -2.07. The second-order valence-electron chi connectivity index (χ2n) is 4.31. The van der Waals surface area contributed by atoms with Crippen LogP contribution in [0.25, 0.3) is 11.0 Å². The molecule has 0 bridgehead atoms. The first-order valence-electron chi connectivity index (χ1n) is 6.08. The molecule has 0 N–H and O–H groups in total. The Balaban J connectivity index is 2.04. The average molecular weight is 355 g/mol. The van der Waals surface area contributed by atoms with Gasteiger partial charge in [-0.2, -0.15) is 8.42 Å². The Labute approximate surface area is 136 Å². The van der Waals surface area contributed by atoms with E-state index >= 15 is 0 Å². The van der Waals surface area contributed by atoms with E-state index in [2.05, 4.69) is 9.97 Å². The topological polar surface area (TPSA) is 69.2 Å². The van der Waals surface area contributed by atoms with Gasteiger partial charge in [0.15, 0.2) is 10.3 Å². The van der Waals surface area contributed by atoms with Crippen molar-refractivity contribution in [2.75, 3.05) is 0 Å². The highest BCUT2D eigenvalue weighted by Gasteiger charge is 2.18. The number of hydrogen-bond acceptors (Lipinski definition) is 5. The zero-order valence-electron chi connectivity index (χ0n) is 10.9. The molecule has 2 aromatic carbocycles. The molecule has 3 rings (SSSR count). The number of halogens is 2. The molecule has 1 aromatic heterocycles. The van der Waals surface area contributed by atoms with Crippen molar-refractivity contribution in [1.82, 2.24) is 9.97 Å². The van der Waals surface area contributed by atoms with Gasteiger partial charge in [-0.25, -0.2) is 9.97 Å². The van der Waals surface area contributed by atoms with Crippen LogP contribution in [0.15, 0.2) is 53.4 Å². The van der Waals surface area contributed by atoms with Gasteiger partial charge >= 0.3 is 10.1 Å². The fourth-order valence-electron chi connectivity index (χ4n) is 1.80. The molecule has 8 heteroatoms. The summed E-state index contributed by atoms with van der Waals surface area (Å²) in [5.74, 6) is 0.225. The molecule has 0 unspecified atom stereocenters. The summed E-state index contributed by atoms with van der Waals surface area (Å²) in [6.45, 7) is 0. The summed E-state index contributed by atoms with van der Waals surface area (Å²) in [7, 11) is -3.97. The third-order valence-electron chi connectivity index (χ3n) is 2.79. The molecule has 5 nitrogen and oxygen atoms in total. The first-order chi connectivity index (χ1) is 10.5. The van der Waals surface area contributed by atoms with Gasteiger partial charge in [0.05, 0.1) is 11.0 Å². The van der Waals surface area contributed by atoms with E-state index in [1.807, 2.05) is 0 Å². The highest BCUT2D eigenvalue weighted by atomic mass is 35.5. The Hall–Kier alpha value is -1.89. The highest BCUT2D eigenvalue weighted by Crippen LogP contribution is 2.24. The normalized spacial score (nSPS) is 11.5. The average Bonchev–Trinajstić information content (AvgIpc) is 2.48. The number of fused-ring (bicyclic) bond motifs is 1. The molecule has 0 saturated heterocycles. The second kappa shape index (κ2) is 5.72. The molecule has 0 radical (unpaired) electrons. The Morgan fingerprint density at radius 3 is 2.18 bits per heavy atom. The van der Waals surface area contributed by atoms with E-state index in [1.54, 1.807) is 30.3 Å². The molecule has 0 aliphatic carbocycles. The summed E-state index contributed by atoms with van der Waals surface area (Å²) < 4.78 is 29.6. The third-order valence-corrected chi connectivity index (χ3v) is 4.66. The first kappa shape index (κ1) is 15.0. The molecule has 0 aliphatic rings. The van der Waals surface area contributed by atoms with E-state index in [9.17, 15) is 8.42 Å². The summed E-state index contributed by atoms with van der Waals surface area (Å²) in [4.78, 5) is 7.98. The SMILES string of the molecule is O=S(=O)(Oc1ccccc1)c1ccc2nc(Cl)c(Cl)nc2c1. The maximum absolute atomic E-state index is 12.3. The summed E-state index contributed by atoms with van der Waals surface area (Å²) >= 11 is 11.6. The Morgan fingerprint density at radius 2 is 1.50 bits per heavy atom. The molecular weight excluding hydrogens is 347 g/mol. The lowest BCUT2D eigenvalue weighted by Crippen LogP contribution is -2.09. The van der Waals surface area contributed by atoms with Gasteiger partial charge in [-0.1, -0.05) is 41.4 Å². The summed E-state index contributed by atoms with van der Waals surface area (Å²) in [5.41, 5.74) is 0.750. The van der Waals surface area contributed by atoms with Crippen LogP contribution in [0.2, 0.25) is 10.3 Å². The molecule has 112 valence electrons. The Kier molecular flexibility index (Phi) is 3.90. The maximum Gasteiger partial charge on any atom is 0.339 e. The van der Waals surface area contributed by atoms with Crippen LogP contribution < -0.4 is 4.18 Å². The zero-order chi connectivity index (χ0) is 15.7. The monoisotopic (exact) mass is 354 g/mol. The van der Waals surface area contributed by atoms with Gasteiger partial charge in [0.25, 0.3) is 0 Å². The Morgan fingerprint density at radius 1 is 0.864 bits per heavy atom. The van der Waals surface area contributed by atoms with E-state index in [0.717, 1.165) is 0 Å². The van der Waals surface area contributed by atoms with Crippen molar-refractivity contribution in [3.8, 4) is 5.75 Å². The number of para-hydroxylation sites is 1. The number of hydrogen-bond donors (Lipinski definition) is 0. The lowest BCUT2D eigenvalue weighted by atomic mass is 10.3. The van der Waals surface area contributed by atoms with Gasteiger partial charge in [0.1, 0.15) is 10.6 Å². The molecule has 3 aromatic rings. The first-order valence-corrected chi connectivity index (χ1v) is 8.24. The summed E-state index contributed by atoms with van der Waals surface area (Å²) in [6.07, 6.45) is 0. The number of nitrogens with zero attached hydrogens (tertiary/aromatic N) is 2. The van der Waals surface area contributed by atoms with Crippen LogP contribution in [0, 0.1) is 0 Å². The lowest BCUT2D eigenvalue weighted by molar-refractivity contribution is 0.486. The molecule has 0 aliphatic heterocycles. The molecule has 0 fully saturated rings. The third kappa shape index (κ3) is 2.99. The van der Waals surface area contributed by atoms with Crippen molar-refractivity contribution in [3.63, 3.8) is 0 Å². The van der Waals surface area contributed by atoms with Crippen molar-refractivity contribution in [2.45, 2.75) is 4.90 Å². The molecule has 22 heavy (non-hydrogen) atoms. The van der Waals surface area contributed by atoms with Gasteiger partial charge < -0.3 is 4.18 Å². The van der Waals surface area contributed by atoms with Gasteiger partial charge in [0, 0.05) is 0 Å². The van der Waals surface area contributed by atoms with Crippen molar-refractivity contribution < 1.29 is 12.6 Å². The van der Waals surface area contributed by atoms with Crippen molar-refractivity contribution in [2.24, 2.45) is 0 Å². The van der Waals surface area contributed by atoms with Gasteiger partial charge in [0.2, 0.25) is 0 Å². The largest absolute Gasteiger partial charge is 0.379 e. The minimum atomic E-state index is -3.97. The quantitative estimate of drug-likeness (QED) is 0.670. The van der Waals surface area contributed by atoms with Crippen LogP contribution in [0.4, 0.5) is 0 Å². The van der Waals surface area contributed by atoms with Crippen LogP contribution in [0.1, 0.15) is 0 Å². The minimum Gasteiger partial charge on any atom is -0.379 e. The summed E-state index contributed by atoms with van der Waals surface area (Å²) in [5, 5.41) is 0.0676. The zero-order valence-corrected chi connectivity index (χ0v) is 13.2. The van der Waals surface area contributed by atoms with Crippen LogP contribution in [-0.2, 0) is 10.1 Å². The smallest absolute Gasteiger partial charge is 0.339 e. The Bertz CT molecular complexity index is 947. The van der Waals surface area contributed by atoms with Crippen LogP contribution in [0.5, 0.6) is 5.75 Å². The van der Waals surface area contributed by atoms with Crippen LogP contribution in [0.3, 0.4) is 0 Å². The fraction of sp³-hybridized carbons (Fsp3) is 0. The van der Waals surface area contributed by atoms with Crippen molar-refractivity contribution in [3.05, 3.63) is 58.8 Å². The highest BCUT2D eigenvalue weighted by molar-refractivity contribution is 7.87. The number of benzene rings is 2. The predicted molar refractivity (Wildman–Crippen MR) is 83.8 cm³/mol. The fourth-order valence-corrected chi connectivity index (χ4v) is 3.02. The van der Waals surface area contributed by atoms with E-state index in [4.69, 9.17) is 27.4 Å². The van der Waals surface area contributed by atoms with Gasteiger partial charge in [-0.3, -0.25) is 0 Å². The van der Waals surface area contributed by atoms with E-state index < -0.39 is 10.1 Å². The molecule has 0 saturated carbocycles. The van der Waals surface area contributed by atoms with Crippen molar-refractivity contribution in [1.29, 1.82) is 0 Å². The minimum absolute atomic E-state index is 0.00712. The number of rotatable bonds is 3. The summed E-state index contributed by atoms with van der Waals surface area (Å²) in [6, 6.07) is 12.4. The molecule has 0 atom stereocenters. The second-order valence-corrected chi connectivity index (χ2v) is 6.57. The number of aromatic nitrogens is 2. The molecule has 1 heterocycles. The van der Waals surface area contributed by atoms with Crippen molar-refractivity contribution >= 4 is 44.4 Å². The molecule has 0 spiro atoms. The van der Waals surface area contributed by atoms with E-state index in [1.165, 1.54) is 18.2 Å². The van der Waals surface area contributed by atoms with Gasteiger partial charge in [-0.15, -0.1) is 0 Å². The molecule has 0 amide bonds.